The molecular formula is C10H19NO2. The zero-order chi connectivity index (χ0) is 9.68. The Morgan fingerprint density at radius 2 is 2.00 bits per heavy atom. The fourth-order valence-electron chi connectivity index (χ4n) is 1.66. The fraction of sp³-hybridized carbons (Fsp3) is 0.900. The van der Waals surface area contributed by atoms with Crippen LogP contribution in [0.25, 0.3) is 0 Å². The molecule has 1 rings (SSSR count). The maximum absolute atomic E-state index is 10.9. The summed E-state index contributed by atoms with van der Waals surface area (Å²) < 4.78 is 5.47. The number of amides is 1. The van der Waals surface area contributed by atoms with Gasteiger partial charge in [0.1, 0.15) is 6.61 Å². The second-order valence-electron chi connectivity index (χ2n) is 3.87. The number of carbonyl (C=O) groups excluding carboxylic acids is 1. The molecule has 13 heavy (non-hydrogen) atoms. The highest BCUT2D eigenvalue weighted by Crippen LogP contribution is 2.25. The van der Waals surface area contributed by atoms with E-state index >= 15 is 0 Å². The topological polar surface area (TPSA) is 38.3 Å². The van der Waals surface area contributed by atoms with Crippen molar-refractivity contribution in [3.05, 3.63) is 0 Å². The molecule has 1 aliphatic carbocycles. The molecule has 0 unspecified atom stereocenters. The van der Waals surface area contributed by atoms with Crippen molar-refractivity contribution < 1.29 is 9.53 Å². The molecule has 1 fully saturated rings. The summed E-state index contributed by atoms with van der Waals surface area (Å²) >= 11 is 0. The summed E-state index contributed by atoms with van der Waals surface area (Å²) in [4.78, 5) is 10.9. The van der Waals surface area contributed by atoms with Crippen LogP contribution >= 0.6 is 0 Å². The third-order valence-corrected chi connectivity index (χ3v) is 2.69. The van der Waals surface area contributed by atoms with E-state index in [1.165, 1.54) is 12.8 Å². The molecule has 1 N–H and O–H groups in total. The Bertz CT molecular complexity index is 162. The molecule has 0 spiro atoms. The van der Waals surface area contributed by atoms with Crippen LogP contribution in [-0.2, 0) is 9.53 Å². The minimum Gasteiger partial charge on any atom is -0.368 e. The summed E-state index contributed by atoms with van der Waals surface area (Å²) in [6.07, 6.45) is 5.00. The fourth-order valence-corrected chi connectivity index (χ4v) is 1.66. The van der Waals surface area contributed by atoms with Gasteiger partial charge in [-0.15, -0.1) is 0 Å². The Morgan fingerprint density at radius 3 is 2.54 bits per heavy atom. The second kappa shape index (κ2) is 5.22. The predicted molar refractivity (Wildman–Crippen MR) is 51.4 cm³/mol. The number of nitrogens with one attached hydrogen (secondary N) is 1. The zero-order valence-corrected chi connectivity index (χ0v) is 8.51. The lowest BCUT2D eigenvalue weighted by atomic mass is 9.89. The molecule has 0 aliphatic heterocycles. The average Bonchev–Trinajstić information content (AvgIpc) is 2.16. The van der Waals surface area contributed by atoms with Gasteiger partial charge in [-0.2, -0.15) is 0 Å². The normalized spacial score (nSPS) is 28.5. The molecule has 3 nitrogen and oxygen atoms in total. The van der Waals surface area contributed by atoms with Crippen molar-refractivity contribution in [3.8, 4) is 0 Å². The van der Waals surface area contributed by atoms with Crippen molar-refractivity contribution in [1.29, 1.82) is 0 Å². The van der Waals surface area contributed by atoms with Crippen LogP contribution in [0.1, 0.15) is 32.6 Å². The smallest absolute Gasteiger partial charge is 0.245 e. The molecule has 1 saturated carbocycles. The van der Waals surface area contributed by atoms with Crippen LogP contribution in [0.2, 0.25) is 0 Å². The van der Waals surface area contributed by atoms with E-state index in [0.717, 1.165) is 18.8 Å². The SMILES string of the molecule is CNC(=O)COC1CCC(C)CC1. The van der Waals surface area contributed by atoms with Gasteiger partial charge < -0.3 is 10.1 Å². The average molecular weight is 185 g/mol. The predicted octanol–water partition coefficient (Wildman–Crippen LogP) is 1.33. The molecule has 0 bridgehead atoms. The van der Waals surface area contributed by atoms with Crippen LogP contribution in [0, 0.1) is 5.92 Å². The number of ether oxygens (including phenoxy) is 1. The first kappa shape index (κ1) is 10.5. The second-order valence-corrected chi connectivity index (χ2v) is 3.87. The van der Waals surface area contributed by atoms with Crippen LogP contribution in [-0.4, -0.2) is 25.7 Å². The first-order valence-electron chi connectivity index (χ1n) is 5.04. The molecule has 0 heterocycles. The van der Waals surface area contributed by atoms with Gasteiger partial charge in [-0.05, 0) is 31.6 Å². The summed E-state index contributed by atoms with van der Waals surface area (Å²) in [5.41, 5.74) is 0. The molecule has 3 heteroatoms. The Labute approximate surface area is 79.8 Å². The quantitative estimate of drug-likeness (QED) is 0.720. The van der Waals surface area contributed by atoms with Crippen molar-refractivity contribution in [2.45, 2.75) is 38.7 Å². The van der Waals surface area contributed by atoms with Crippen LogP contribution < -0.4 is 5.32 Å². The first-order chi connectivity index (χ1) is 6.22. The van der Waals surface area contributed by atoms with Crippen LogP contribution in [0.5, 0.6) is 0 Å². The van der Waals surface area contributed by atoms with E-state index in [0.29, 0.717) is 6.10 Å². The highest BCUT2D eigenvalue weighted by Gasteiger charge is 2.18. The van der Waals surface area contributed by atoms with Gasteiger partial charge in [0.15, 0.2) is 0 Å². The standard InChI is InChI=1S/C10H19NO2/c1-8-3-5-9(6-4-8)13-7-10(12)11-2/h8-9H,3-7H2,1-2H3,(H,11,12). The lowest BCUT2D eigenvalue weighted by Gasteiger charge is -2.25. The molecule has 1 amide bonds. The largest absolute Gasteiger partial charge is 0.368 e. The zero-order valence-electron chi connectivity index (χ0n) is 8.51. The number of likely N-dealkylation sites (N-methyl/N-ethyl adjacent to an activating group) is 1. The van der Waals surface area contributed by atoms with E-state index in [1.54, 1.807) is 7.05 Å². The van der Waals surface area contributed by atoms with Crippen LogP contribution in [0.4, 0.5) is 0 Å². The third kappa shape index (κ3) is 3.77. The highest BCUT2D eigenvalue weighted by molar-refractivity contribution is 5.76. The minimum atomic E-state index is -0.0291. The lowest BCUT2D eigenvalue weighted by molar-refractivity contribution is -0.128. The first-order valence-corrected chi connectivity index (χ1v) is 5.04. The van der Waals surface area contributed by atoms with Gasteiger partial charge in [0.2, 0.25) is 5.91 Å². The van der Waals surface area contributed by atoms with Crippen LogP contribution in [0.3, 0.4) is 0 Å². The monoisotopic (exact) mass is 185 g/mol. The molecule has 0 radical (unpaired) electrons. The van der Waals surface area contributed by atoms with Crippen molar-refractivity contribution in [1.82, 2.24) is 5.32 Å². The summed E-state index contributed by atoms with van der Waals surface area (Å²) in [7, 11) is 1.63. The maximum atomic E-state index is 10.9. The molecule has 1 aliphatic rings. The number of hydrogen-bond acceptors (Lipinski definition) is 2. The van der Waals surface area contributed by atoms with Crippen molar-refractivity contribution in [2.24, 2.45) is 5.92 Å². The number of carbonyl (C=O) groups is 1. The Morgan fingerprint density at radius 1 is 1.38 bits per heavy atom. The maximum Gasteiger partial charge on any atom is 0.245 e. The minimum absolute atomic E-state index is 0.0291. The van der Waals surface area contributed by atoms with Gasteiger partial charge in [0.05, 0.1) is 6.10 Å². The van der Waals surface area contributed by atoms with E-state index in [4.69, 9.17) is 4.74 Å². The summed E-state index contributed by atoms with van der Waals surface area (Å²) in [5.74, 6) is 0.804. The van der Waals surface area contributed by atoms with Gasteiger partial charge >= 0.3 is 0 Å². The van der Waals surface area contributed by atoms with E-state index < -0.39 is 0 Å². The molecule has 0 aromatic rings. The summed E-state index contributed by atoms with van der Waals surface area (Å²) in [6, 6.07) is 0. The van der Waals surface area contributed by atoms with Gasteiger partial charge in [-0.3, -0.25) is 4.79 Å². The van der Waals surface area contributed by atoms with E-state index in [1.807, 2.05) is 0 Å². The Hall–Kier alpha value is -0.570. The van der Waals surface area contributed by atoms with E-state index in [2.05, 4.69) is 12.2 Å². The number of rotatable bonds is 3. The van der Waals surface area contributed by atoms with Crippen molar-refractivity contribution in [2.75, 3.05) is 13.7 Å². The Balaban J connectivity index is 2.12. The van der Waals surface area contributed by atoms with Gasteiger partial charge in [-0.25, -0.2) is 0 Å². The molecule has 0 aromatic carbocycles. The Kier molecular flexibility index (Phi) is 4.22. The number of hydrogen-bond donors (Lipinski definition) is 1. The van der Waals surface area contributed by atoms with E-state index in [-0.39, 0.29) is 12.5 Å². The van der Waals surface area contributed by atoms with Gasteiger partial charge in [-0.1, -0.05) is 6.92 Å². The molecule has 76 valence electrons. The molecular weight excluding hydrogens is 166 g/mol. The van der Waals surface area contributed by atoms with Crippen molar-refractivity contribution >= 4 is 5.91 Å². The molecule has 0 atom stereocenters. The summed E-state index contributed by atoms with van der Waals surface area (Å²) in [6.45, 7) is 2.49. The van der Waals surface area contributed by atoms with Crippen LogP contribution in [0.15, 0.2) is 0 Å². The highest BCUT2D eigenvalue weighted by atomic mass is 16.5. The van der Waals surface area contributed by atoms with Gasteiger partial charge in [0.25, 0.3) is 0 Å². The van der Waals surface area contributed by atoms with Crippen molar-refractivity contribution in [3.63, 3.8) is 0 Å². The third-order valence-electron chi connectivity index (χ3n) is 2.69. The molecule has 0 saturated heterocycles. The lowest BCUT2D eigenvalue weighted by Crippen LogP contribution is -2.28. The van der Waals surface area contributed by atoms with E-state index in [9.17, 15) is 4.79 Å². The molecule has 0 aromatic heterocycles. The van der Waals surface area contributed by atoms with Gasteiger partial charge in [0, 0.05) is 7.05 Å². The summed E-state index contributed by atoms with van der Waals surface area (Å²) in [5, 5.41) is 2.55.